The summed E-state index contributed by atoms with van der Waals surface area (Å²) in [6.45, 7) is 0.220. The summed E-state index contributed by atoms with van der Waals surface area (Å²) in [6.07, 6.45) is 0.0776. The van der Waals surface area contributed by atoms with Crippen molar-refractivity contribution >= 4 is 39.7 Å². The fraction of sp³-hybridized carbons (Fsp3) is 0.118. The number of nitrogens with one attached hydrogen (secondary N) is 1. The number of carbonyl (C=O) groups excluding carboxylic acids is 1. The Balaban J connectivity index is 1.51. The molecule has 1 aromatic heterocycles. The van der Waals surface area contributed by atoms with Gasteiger partial charge in [-0.1, -0.05) is 35.1 Å². The molecular weight excluding hydrogens is 392 g/mol. The van der Waals surface area contributed by atoms with E-state index in [4.69, 9.17) is 16.3 Å². The standard InChI is InChI=1S/C17H13ClN4O4S/c18-12-3-7-14(8-4-12)26-10-16-20-21-17(27-16)19-15(23)9-11-1-5-13(6-2-11)22(24)25/h1-8H,9-10H2,(H,19,21,23). The molecule has 0 spiro atoms. The van der Waals surface area contributed by atoms with Crippen LogP contribution in [0.25, 0.3) is 0 Å². The highest BCUT2D eigenvalue weighted by Gasteiger charge is 2.11. The molecule has 1 amide bonds. The first-order chi connectivity index (χ1) is 13.0. The summed E-state index contributed by atoms with van der Waals surface area (Å²) in [5.41, 5.74) is 0.641. The van der Waals surface area contributed by atoms with Gasteiger partial charge in [0.2, 0.25) is 11.0 Å². The normalized spacial score (nSPS) is 10.4. The van der Waals surface area contributed by atoms with E-state index in [0.29, 0.717) is 26.5 Å². The van der Waals surface area contributed by atoms with Gasteiger partial charge in [0.15, 0.2) is 5.01 Å². The lowest BCUT2D eigenvalue weighted by Gasteiger charge is -2.03. The molecule has 27 heavy (non-hydrogen) atoms. The molecule has 0 aliphatic heterocycles. The maximum Gasteiger partial charge on any atom is 0.269 e. The summed E-state index contributed by atoms with van der Waals surface area (Å²) in [5.74, 6) is 0.364. The van der Waals surface area contributed by atoms with Crippen molar-refractivity contribution in [3.05, 3.63) is 74.2 Å². The number of nitro benzene ring substituents is 1. The van der Waals surface area contributed by atoms with Crippen LogP contribution in [0.5, 0.6) is 5.75 Å². The van der Waals surface area contributed by atoms with E-state index in [1.54, 1.807) is 36.4 Å². The first kappa shape index (κ1) is 18.7. The summed E-state index contributed by atoms with van der Waals surface area (Å²) in [6, 6.07) is 12.8. The number of aromatic nitrogens is 2. The zero-order valence-electron chi connectivity index (χ0n) is 13.8. The van der Waals surface area contributed by atoms with Gasteiger partial charge in [-0.15, -0.1) is 10.2 Å². The average molecular weight is 405 g/mol. The molecule has 138 valence electrons. The molecule has 8 nitrogen and oxygen atoms in total. The van der Waals surface area contributed by atoms with E-state index in [-0.39, 0.29) is 24.6 Å². The van der Waals surface area contributed by atoms with Crippen molar-refractivity contribution in [3.63, 3.8) is 0 Å². The highest BCUT2D eigenvalue weighted by Crippen LogP contribution is 2.20. The summed E-state index contributed by atoms with van der Waals surface area (Å²) >= 11 is 7.02. The Bertz CT molecular complexity index is 944. The molecule has 10 heteroatoms. The zero-order valence-corrected chi connectivity index (χ0v) is 15.4. The smallest absolute Gasteiger partial charge is 0.269 e. The van der Waals surface area contributed by atoms with Gasteiger partial charge in [0.1, 0.15) is 12.4 Å². The van der Waals surface area contributed by atoms with Gasteiger partial charge in [-0.05, 0) is 29.8 Å². The van der Waals surface area contributed by atoms with Crippen LogP contribution < -0.4 is 10.1 Å². The Morgan fingerprint density at radius 2 is 1.85 bits per heavy atom. The van der Waals surface area contributed by atoms with Crippen LogP contribution in [0.1, 0.15) is 10.6 Å². The van der Waals surface area contributed by atoms with E-state index in [1.807, 2.05) is 0 Å². The van der Waals surface area contributed by atoms with Gasteiger partial charge >= 0.3 is 0 Å². The van der Waals surface area contributed by atoms with Crippen LogP contribution in [-0.2, 0) is 17.8 Å². The van der Waals surface area contributed by atoms with E-state index >= 15 is 0 Å². The van der Waals surface area contributed by atoms with Crippen molar-refractivity contribution < 1.29 is 14.5 Å². The van der Waals surface area contributed by atoms with E-state index in [9.17, 15) is 14.9 Å². The van der Waals surface area contributed by atoms with Gasteiger partial charge in [-0.25, -0.2) is 0 Å². The van der Waals surface area contributed by atoms with Crippen LogP contribution in [0, 0.1) is 10.1 Å². The predicted molar refractivity (Wildman–Crippen MR) is 101 cm³/mol. The second-order valence-electron chi connectivity index (χ2n) is 5.39. The van der Waals surface area contributed by atoms with Gasteiger partial charge in [0, 0.05) is 17.2 Å². The lowest BCUT2D eigenvalue weighted by molar-refractivity contribution is -0.384. The second kappa shape index (κ2) is 8.56. The van der Waals surface area contributed by atoms with Crippen LogP contribution in [0.2, 0.25) is 5.02 Å². The number of rotatable bonds is 7. The van der Waals surface area contributed by atoms with Crippen LogP contribution >= 0.6 is 22.9 Å². The Morgan fingerprint density at radius 1 is 1.15 bits per heavy atom. The number of carbonyl (C=O) groups is 1. The van der Waals surface area contributed by atoms with Gasteiger partial charge in [0.25, 0.3) is 5.69 Å². The number of anilines is 1. The summed E-state index contributed by atoms with van der Waals surface area (Å²) in [4.78, 5) is 22.2. The molecule has 0 saturated heterocycles. The molecule has 0 aliphatic carbocycles. The summed E-state index contributed by atoms with van der Waals surface area (Å²) in [5, 5.41) is 22.7. The topological polar surface area (TPSA) is 107 Å². The van der Waals surface area contributed by atoms with E-state index in [2.05, 4.69) is 15.5 Å². The SMILES string of the molecule is O=C(Cc1ccc([N+](=O)[O-])cc1)Nc1nnc(COc2ccc(Cl)cc2)s1. The predicted octanol–water partition coefficient (Wildman–Crippen LogP) is 3.86. The first-order valence-corrected chi connectivity index (χ1v) is 8.93. The van der Waals surface area contributed by atoms with E-state index in [0.717, 1.165) is 0 Å². The maximum atomic E-state index is 12.1. The van der Waals surface area contributed by atoms with E-state index < -0.39 is 4.92 Å². The summed E-state index contributed by atoms with van der Waals surface area (Å²) < 4.78 is 5.57. The number of hydrogen-bond acceptors (Lipinski definition) is 7. The Kier molecular flexibility index (Phi) is 5.94. The number of halogens is 1. The van der Waals surface area contributed by atoms with Crippen LogP contribution in [0.15, 0.2) is 48.5 Å². The fourth-order valence-corrected chi connectivity index (χ4v) is 2.92. The van der Waals surface area contributed by atoms with Gasteiger partial charge in [-0.3, -0.25) is 14.9 Å². The lowest BCUT2D eigenvalue weighted by atomic mass is 10.1. The van der Waals surface area contributed by atoms with Crippen LogP contribution in [-0.4, -0.2) is 21.0 Å². The van der Waals surface area contributed by atoms with Crippen LogP contribution in [0.4, 0.5) is 10.8 Å². The van der Waals surface area contributed by atoms with Gasteiger partial charge in [0.05, 0.1) is 11.3 Å². The highest BCUT2D eigenvalue weighted by atomic mass is 35.5. The molecular formula is C17H13ClN4O4S. The van der Waals surface area contributed by atoms with Crippen molar-refractivity contribution in [1.82, 2.24) is 10.2 Å². The van der Waals surface area contributed by atoms with Crippen molar-refractivity contribution in [2.24, 2.45) is 0 Å². The number of hydrogen-bond donors (Lipinski definition) is 1. The van der Waals surface area contributed by atoms with E-state index in [1.165, 1.54) is 23.5 Å². The molecule has 0 atom stereocenters. The Hall–Kier alpha value is -3.04. The first-order valence-electron chi connectivity index (χ1n) is 7.73. The largest absolute Gasteiger partial charge is 0.486 e. The van der Waals surface area contributed by atoms with Crippen molar-refractivity contribution in [3.8, 4) is 5.75 Å². The summed E-state index contributed by atoms with van der Waals surface area (Å²) in [7, 11) is 0. The van der Waals surface area contributed by atoms with Gasteiger partial charge in [-0.2, -0.15) is 0 Å². The Labute approximate surface area is 162 Å². The minimum atomic E-state index is -0.487. The quantitative estimate of drug-likeness (QED) is 0.473. The average Bonchev–Trinajstić information content (AvgIpc) is 3.09. The van der Waals surface area contributed by atoms with Gasteiger partial charge < -0.3 is 10.1 Å². The third-order valence-electron chi connectivity index (χ3n) is 3.40. The minimum Gasteiger partial charge on any atom is -0.486 e. The molecule has 0 radical (unpaired) electrons. The van der Waals surface area contributed by atoms with Crippen LogP contribution in [0.3, 0.4) is 0 Å². The molecule has 3 aromatic rings. The number of benzene rings is 2. The number of nitrogens with zero attached hydrogens (tertiary/aromatic N) is 3. The third kappa shape index (κ3) is 5.47. The number of nitro groups is 1. The Morgan fingerprint density at radius 3 is 2.52 bits per heavy atom. The third-order valence-corrected chi connectivity index (χ3v) is 4.47. The lowest BCUT2D eigenvalue weighted by Crippen LogP contribution is -2.14. The van der Waals surface area contributed by atoms with Crippen molar-refractivity contribution in [2.45, 2.75) is 13.0 Å². The zero-order chi connectivity index (χ0) is 19.2. The minimum absolute atomic E-state index is 0.0198. The molecule has 1 N–H and O–H groups in total. The monoisotopic (exact) mass is 404 g/mol. The molecule has 0 unspecified atom stereocenters. The highest BCUT2D eigenvalue weighted by molar-refractivity contribution is 7.15. The molecule has 0 aliphatic rings. The molecule has 3 rings (SSSR count). The van der Waals surface area contributed by atoms with Crippen molar-refractivity contribution in [2.75, 3.05) is 5.32 Å². The number of ether oxygens (including phenoxy) is 1. The molecule has 1 heterocycles. The number of amides is 1. The molecule has 0 fully saturated rings. The molecule has 0 bridgehead atoms. The molecule has 0 saturated carbocycles. The maximum absolute atomic E-state index is 12.1. The van der Waals surface area contributed by atoms with Crippen molar-refractivity contribution in [1.29, 1.82) is 0 Å². The number of non-ortho nitro benzene ring substituents is 1. The second-order valence-corrected chi connectivity index (χ2v) is 6.89. The fourth-order valence-electron chi connectivity index (χ4n) is 2.12. The molecule has 2 aromatic carbocycles.